The number of aryl methyl sites for hydroxylation is 1. The second-order valence-electron chi connectivity index (χ2n) is 9.92. The quantitative estimate of drug-likeness (QED) is 0.620. The number of hydrogen-bond acceptors (Lipinski definition) is 2. The van der Waals surface area contributed by atoms with Gasteiger partial charge in [0, 0.05) is 18.4 Å². The number of quaternary nitrogens is 2. The van der Waals surface area contributed by atoms with E-state index in [0.29, 0.717) is 19.2 Å². The number of rotatable bonds is 8. The molecule has 1 heterocycles. The molecule has 0 amide bonds. The predicted molar refractivity (Wildman–Crippen MR) is 122 cm³/mol. The number of benzene rings is 2. The third-order valence-corrected chi connectivity index (χ3v) is 6.25. The number of nitrogens with two attached hydrogens (primary N) is 1. The van der Waals surface area contributed by atoms with Gasteiger partial charge in [0.1, 0.15) is 31.5 Å². The molecule has 0 bridgehead atoms. The summed E-state index contributed by atoms with van der Waals surface area (Å²) in [5.41, 5.74) is 4.00. The highest BCUT2D eigenvalue weighted by molar-refractivity contribution is 5.38. The Labute approximate surface area is 182 Å². The summed E-state index contributed by atoms with van der Waals surface area (Å²) in [5, 5.41) is 12.7. The van der Waals surface area contributed by atoms with Crippen LogP contribution in [0.3, 0.4) is 0 Å². The first-order valence-electron chi connectivity index (χ1n) is 11.4. The van der Waals surface area contributed by atoms with E-state index in [0.717, 1.165) is 17.9 Å². The fourth-order valence-corrected chi connectivity index (χ4v) is 4.23. The van der Waals surface area contributed by atoms with Crippen molar-refractivity contribution in [1.82, 2.24) is 0 Å². The molecule has 30 heavy (non-hydrogen) atoms. The van der Waals surface area contributed by atoms with Gasteiger partial charge < -0.3 is 20.1 Å². The van der Waals surface area contributed by atoms with Crippen LogP contribution in [0, 0.1) is 6.92 Å². The van der Waals surface area contributed by atoms with Crippen molar-refractivity contribution in [3.8, 4) is 5.75 Å². The molecule has 4 heteroatoms. The molecule has 0 spiro atoms. The fourth-order valence-electron chi connectivity index (χ4n) is 4.23. The lowest BCUT2D eigenvalue weighted by molar-refractivity contribution is -0.926. The van der Waals surface area contributed by atoms with Gasteiger partial charge in [0.15, 0.2) is 0 Å². The topological polar surface area (TPSA) is 50.5 Å². The maximum absolute atomic E-state index is 10.4. The second kappa shape index (κ2) is 10.4. The zero-order valence-electron chi connectivity index (χ0n) is 19.2. The van der Waals surface area contributed by atoms with Gasteiger partial charge in [-0.2, -0.15) is 0 Å². The minimum atomic E-state index is -0.443. The highest BCUT2D eigenvalue weighted by Gasteiger charge is 2.25. The normalized spacial score (nSPS) is 20.7. The van der Waals surface area contributed by atoms with Gasteiger partial charge >= 0.3 is 0 Å². The average Bonchev–Trinajstić information content (AvgIpc) is 2.72. The summed E-state index contributed by atoms with van der Waals surface area (Å²) < 4.78 is 5.92. The molecule has 1 saturated heterocycles. The van der Waals surface area contributed by atoms with Crippen molar-refractivity contribution in [1.29, 1.82) is 0 Å². The number of nitrogens with one attached hydrogen (secondary N) is 1. The lowest BCUT2D eigenvalue weighted by Crippen LogP contribution is -3.13. The van der Waals surface area contributed by atoms with Crippen LogP contribution in [0.25, 0.3) is 0 Å². The molecule has 0 aromatic heterocycles. The standard InChI is InChI=1S/C26H38N2O2/c1-20-16-22(26(2,3)4)10-11-25(20)30-19-24(29)17-27-23-12-14-28(15-13-23)18-21-8-6-5-7-9-21/h5-11,16,23-24,27,29H,12-15,17-19H2,1-4H3/p+2/t24-/m1/s1. The SMILES string of the molecule is Cc1cc(C(C)(C)C)ccc1OC[C@H](O)C[NH2+]C1CC[NH+](Cc2ccccc2)CC1. The van der Waals surface area contributed by atoms with E-state index in [1.165, 1.54) is 37.1 Å². The van der Waals surface area contributed by atoms with Crippen molar-refractivity contribution in [2.75, 3.05) is 26.2 Å². The van der Waals surface area contributed by atoms with Crippen LogP contribution < -0.4 is 15.0 Å². The number of piperidine rings is 1. The molecule has 1 aliphatic heterocycles. The first-order chi connectivity index (χ1) is 14.3. The fraction of sp³-hybridized carbons (Fsp3) is 0.538. The minimum absolute atomic E-state index is 0.135. The van der Waals surface area contributed by atoms with Gasteiger partial charge in [-0.3, -0.25) is 0 Å². The zero-order chi connectivity index (χ0) is 21.6. The van der Waals surface area contributed by atoms with Crippen LogP contribution in [0.2, 0.25) is 0 Å². The summed E-state index contributed by atoms with van der Waals surface area (Å²) in [6, 6.07) is 17.8. The molecule has 164 valence electrons. The van der Waals surface area contributed by atoms with Gasteiger partial charge in [-0.05, 0) is 29.5 Å². The molecule has 2 aromatic rings. The molecular formula is C26H40N2O2+2. The molecule has 0 unspecified atom stereocenters. The number of aliphatic hydroxyl groups excluding tert-OH is 1. The molecule has 4 N–H and O–H groups in total. The van der Waals surface area contributed by atoms with E-state index >= 15 is 0 Å². The van der Waals surface area contributed by atoms with Gasteiger partial charge in [0.25, 0.3) is 0 Å². The lowest BCUT2D eigenvalue weighted by Gasteiger charge is -2.28. The largest absolute Gasteiger partial charge is 0.490 e. The third kappa shape index (κ3) is 6.83. The summed E-state index contributed by atoms with van der Waals surface area (Å²) in [7, 11) is 0. The first-order valence-corrected chi connectivity index (χ1v) is 11.4. The van der Waals surface area contributed by atoms with Crippen LogP contribution in [0.5, 0.6) is 5.75 Å². The number of ether oxygens (including phenoxy) is 1. The summed E-state index contributed by atoms with van der Waals surface area (Å²) in [6.07, 6.45) is 1.98. The Morgan fingerprint density at radius 3 is 2.43 bits per heavy atom. The Morgan fingerprint density at radius 2 is 1.80 bits per heavy atom. The van der Waals surface area contributed by atoms with E-state index in [1.54, 1.807) is 4.90 Å². The monoisotopic (exact) mass is 412 g/mol. The molecule has 1 aliphatic rings. The third-order valence-electron chi connectivity index (χ3n) is 6.25. The summed E-state index contributed by atoms with van der Waals surface area (Å²) >= 11 is 0. The smallest absolute Gasteiger partial charge is 0.137 e. The van der Waals surface area contributed by atoms with Gasteiger partial charge in [-0.1, -0.05) is 63.2 Å². The van der Waals surface area contributed by atoms with Crippen molar-refractivity contribution in [2.24, 2.45) is 0 Å². The van der Waals surface area contributed by atoms with Crippen molar-refractivity contribution in [2.45, 2.75) is 64.6 Å². The number of hydrogen-bond donors (Lipinski definition) is 3. The van der Waals surface area contributed by atoms with E-state index in [1.807, 2.05) is 6.07 Å². The maximum atomic E-state index is 10.4. The highest BCUT2D eigenvalue weighted by atomic mass is 16.5. The van der Waals surface area contributed by atoms with E-state index < -0.39 is 6.10 Å². The van der Waals surface area contributed by atoms with E-state index in [9.17, 15) is 5.11 Å². The molecule has 0 saturated carbocycles. The van der Waals surface area contributed by atoms with Crippen molar-refractivity contribution in [3.63, 3.8) is 0 Å². The van der Waals surface area contributed by atoms with Gasteiger partial charge in [-0.15, -0.1) is 0 Å². The molecule has 0 aliphatic carbocycles. The zero-order valence-corrected chi connectivity index (χ0v) is 19.2. The van der Waals surface area contributed by atoms with Crippen LogP contribution in [-0.4, -0.2) is 43.5 Å². The maximum Gasteiger partial charge on any atom is 0.137 e. The lowest BCUT2D eigenvalue weighted by atomic mass is 9.86. The van der Waals surface area contributed by atoms with Crippen LogP contribution in [-0.2, 0) is 12.0 Å². The number of likely N-dealkylation sites (tertiary alicyclic amines) is 1. The minimum Gasteiger partial charge on any atom is -0.490 e. The van der Waals surface area contributed by atoms with Crippen molar-refractivity contribution >= 4 is 0 Å². The molecule has 1 atom stereocenters. The Balaban J connectivity index is 1.36. The Kier molecular flexibility index (Phi) is 7.93. The van der Waals surface area contributed by atoms with Crippen LogP contribution >= 0.6 is 0 Å². The molecule has 4 nitrogen and oxygen atoms in total. The molecule has 3 rings (SSSR count). The molecular weight excluding hydrogens is 372 g/mol. The number of aliphatic hydroxyl groups is 1. The van der Waals surface area contributed by atoms with Crippen LogP contribution in [0.4, 0.5) is 0 Å². The Bertz CT molecular complexity index is 777. The van der Waals surface area contributed by atoms with E-state index in [4.69, 9.17) is 4.74 Å². The first kappa shape index (κ1) is 22.8. The van der Waals surface area contributed by atoms with E-state index in [2.05, 4.69) is 75.5 Å². The highest BCUT2D eigenvalue weighted by Crippen LogP contribution is 2.27. The Hall–Kier alpha value is -1.88. The Morgan fingerprint density at radius 1 is 1.10 bits per heavy atom. The summed E-state index contributed by atoms with van der Waals surface area (Å²) in [5.74, 6) is 0.875. The summed E-state index contributed by atoms with van der Waals surface area (Å²) in [4.78, 5) is 1.67. The van der Waals surface area contributed by atoms with E-state index in [-0.39, 0.29) is 5.41 Å². The van der Waals surface area contributed by atoms with Gasteiger partial charge in [-0.25, -0.2) is 0 Å². The van der Waals surface area contributed by atoms with Gasteiger partial charge in [0.05, 0.1) is 19.1 Å². The summed E-state index contributed by atoms with van der Waals surface area (Å²) in [6.45, 7) is 13.3. The molecule has 1 fully saturated rings. The van der Waals surface area contributed by atoms with Crippen LogP contribution in [0.15, 0.2) is 48.5 Å². The van der Waals surface area contributed by atoms with Crippen LogP contribution in [0.1, 0.15) is 50.3 Å². The molecule has 0 radical (unpaired) electrons. The van der Waals surface area contributed by atoms with Crippen molar-refractivity contribution in [3.05, 3.63) is 65.2 Å². The van der Waals surface area contributed by atoms with Gasteiger partial charge in [0.2, 0.25) is 0 Å². The second-order valence-corrected chi connectivity index (χ2v) is 9.92. The molecule has 2 aromatic carbocycles. The van der Waals surface area contributed by atoms with Crippen molar-refractivity contribution < 1.29 is 20.1 Å². The average molecular weight is 413 g/mol. The predicted octanol–water partition coefficient (Wildman–Crippen LogP) is 1.84.